The van der Waals surface area contributed by atoms with Gasteiger partial charge >= 0.3 is 19.5 Å². The topological polar surface area (TPSA) is 74.6 Å². The van der Waals surface area contributed by atoms with Crippen molar-refractivity contribution in [3.63, 3.8) is 0 Å². The number of carbonyl (C=O) groups excluding carboxylic acids is 2. The third-order valence-corrected chi connectivity index (χ3v) is 2.13. The Hall–Kier alpha value is -2.00. The first-order valence-corrected chi connectivity index (χ1v) is 5.15. The van der Waals surface area contributed by atoms with Crippen LogP contribution in [0.15, 0.2) is 48.5 Å². The summed E-state index contributed by atoms with van der Waals surface area (Å²) in [6.07, 6.45) is 1.24. The standard InChI is InChI=1S/2C7H6O2.Ru/c2*8-5-6-3-1-2-4-7(6)9;/h2*1-5,9H;/q;;+3. The largest absolute Gasteiger partial charge is 3.00 e. The van der Waals surface area contributed by atoms with Gasteiger partial charge in [-0.05, 0) is 24.3 Å². The zero-order chi connectivity index (χ0) is 13.4. The summed E-state index contributed by atoms with van der Waals surface area (Å²) in [6.45, 7) is 0. The van der Waals surface area contributed by atoms with E-state index < -0.39 is 0 Å². The molecular weight excluding hydrogens is 333 g/mol. The van der Waals surface area contributed by atoms with Gasteiger partial charge in [0.05, 0.1) is 11.1 Å². The van der Waals surface area contributed by atoms with Crippen molar-refractivity contribution in [3.8, 4) is 11.5 Å². The first-order valence-electron chi connectivity index (χ1n) is 5.15. The minimum absolute atomic E-state index is 0. The zero-order valence-corrected chi connectivity index (χ0v) is 11.6. The number of rotatable bonds is 2. The van der Waals surface area contributed by atoms with Gasteiger partial charge in [-0.1, -0.05) is 24.3 Å². The molecule has 0 unspecified atom stereocenters. The van der Waals surface area contributed by atoms with E-state index in [1.54, 1.807) is 36.4 Å². The molecule has 0 amide bonds. The second-order valence-corrected chi connectivity index (χ2v) is 3.35. The summed E-state index contributed by atoms with van der Waals surface area (Å²) in [5.41, 5.74) is 0.662. The second kappa shape index (κ2) is 9.00. The van der Waals surface area contributed by atoms with Crippen molar-refractivity contribution >= 4 is 12.6 Å². The summed E-state index contributed by atoms with van der Waals surface area (Å²) >= 11 is 0. The number of phenolic OH excluding ortho intramolecular Hbond substituents is 2. The Morgan fingerprint density at radius 1 is 0.684 bits per heavy atom. The molecule has 0 fully saturated rings. The Kier molecular flexibility index (Phi) is 8.06. The fourth-order valence-electron chi connectivity index (χ4n) is 1.17. The third kappa shape index (κ3) is 5.45. The SMILES string of the molecule is O=Cc1ccccc1O.O=Cc1ccccc1O.[Ru+3]. The normalized spacial score (nSPS) is 8.42. The van der Waals surface area contributed by atoms with Crippen LogP contribution in [-0.4, -0.2) is 22.8 Å². The van der Waals surface area contributed by atoms with Crippen LogP contribution in [-0.2, 0) is 19.5 Å². The predicted octanol–water partition coefficient (Wildman–Crippen LogP) is 2.41. The van der Waals surface area contributed by atoms with Crippen LogP contribution in [0.25, 0.3) is 0 Å². The van der Waals surface area contributed by atoms with Crippen molar-refractivity contribution in [2.75, 3.05) is 0 Å². The molecule has 2 rings (SSSR count). The molecule has 97 valence electrons. The number of phenols is 2. The number of aldehydes is 2. The average molecular weight is 345 g/mol. The van der Waals surface area contributed by atoms with E-state index in [0.717, 1.165) is 0 Å². The first kappa shape index (κ1) is 17.0. The number of benzene rings is 2. The molecule has 0 aliphatic heterocycles. The molecule has 0 aliphatic rings. The molecule has 0 spiro atoms. The Bertz CT molecular complexity index is 491. The van der Waals surface area contributed by atoms with Crippen molar-refractivity contribution in [3.05, 3.63) is 59.7 Å². The van der Waals surface area contributed by atoms with E-state index >= 15 is 0 Å². The van der Waals surface area contributed by atoms with Crippen LogP contribution in [0.2, 0.25) is 0 Å². The smallest absolute Gasteiger partial charge is 0.507 e. The van der Waals surface area contributed by atoms with Gasteiger partial charge in [-0.2, -0.15) is 0 Å². The van der Waals surface area contributed by atoms with Crippen LogP contribution < -0.4 is 0 Å². The summed E-state index contributed by atoms with van der Waals surface area (Å²) < 4.78 is 0. The molecular formula is C14H12O4Ru+3. The van der Waals surface area contributed by atoms with Gasteiger partial charge in [-0.3, -0.25) is 9.59 Å². The second-order valence-electron chi connectivity index (χ2n) is 3.35. The number of para-hydroxylation sites is 2. The Balaban J connectivity index is 0.000000324. The zero-order valence-electron chi connectivity index (χ0n) is 9.84. The van der Waals surface area contributed by atoms with Crippen LogP contribution in [0.1, 0.15) is 20.7 Å². The monoisotopic (exact) mass is 346 g/mol. The minimum Gasteiger partial charge on any atom is -0.507 e. The van der Waals surface area contributed by atoms with E-state index in [1.165, 1.54) is 12.1 Å². The number of hydrogen-bond donors (Lipinski definition) is 2. The van der Waals surface area contributed by atoms with Gasteiger partial charge in [0, 0.05) is 0 Å². The van der Waals surface area contributed by atoms with Gasteiger partial charge in [-0.25, -0.2) is 0 Å². The molecule has 0 bridgehead atoms. The summed E-state index contributed by atoms with van der Waals surface area (Å²) in [5, 5.41) is 17.8. The van der Waals surface area contributed by atoms with Crippen molar-refractivity contribution in [2.24, 2.45) is 0 Å². The van der Waals surface area contributed by atoms with Crippen LogP contribution >= 0.6 is 0 Å². The maximum atomic E-state index is 10.1. The molecule has 0 saturated heterocycles. The molecule has 2 N–H and O–H groups in total. The molecule has 0 aliphatic carbocycles. The van der Waals surface area contributed by atoms with E-state index in [9.17, 15) is 9.59 Å². The van der Waals surface area contributed by atoms with E-state index in [2.05, 4.69) is 0 Å². The molecule has 0 saturated carbocycles. The molecule has 0 heterocycles. The van der Waals surface area contributed by atoms with Crippen molar-refractivity contribution in [1.82, 2.24) is 0 Å². The van der Waals surface area contributed by atoms with E-state index in [0.29, 0.717) is 23.7 Å². The third-order valence-electron chi connectivity index (χ3n) is 2.13. The van der Waals surface area contributed by atoms with Crippen LogP contribution in [0.4, 0.5) is 0 Å². The van der Waals surface area contributed by atoms with Crippen molar-refractivity contribution in [1.29, 1.82) is 0 Å². The molecule has 0 atom stereocenters. The molecule has 0 aromatic heterocycles. The van der Waals surface area contributed by atoms with Gasteiger partial charge in [0.15, 0.2) is 12.6 Å². The fraction of sp³-hybridized carbons (Fsp3) is 0. The molecule has 2 aromatic rings. The summed E-state index contributed by atoms with van der Waals surface area (Å²) in [4.78, 5) is 20.1. The molecule has 5 heteroatoms. The van der Waals surface area contributed by atoms with Gasteiger partial charge in [0.25, 0.3) is 0 Å². The predicted molar refractivity (Wildman–Crippen MR) is 67.0 cm³/mol. The minimum atomic E-state index is 0. The molecule has 19 heavy (non-hydrogen) atoms. The fourth-order valence-corrected chi connectivity index (χ4v) is 1.17. The molecule has 1 radical (unpaired) electrons. The Labute approximate surface area is 123 Å². The van der Waals surface area contributed by atoms with E-state index in [-0.39, 0.29) is 31.0 Å². The summed E-state index contributed by atoms with van der Waals surface area (Å²) in [5.74, 6) is 0.0694. The van der Waals surface area contributed by atoms with Crippen LogP contribution in [0, 0.1) is 0 Å². The van der Waals surface area contributed by atoms with Crippen LogP contribution in [0.3, 0.4) is 0 Å². The maximum absolute atomic E-state index is 10.1. The Morgan fingerprint density at radius 3 is 1.21 bits per heavy atom. The van der Waals surface area contributed by atoms with Gasteiger partial charge in [0.1, 0.15) is 11.5 Å². The average Bonchev–Trinajstić information content (AvgIpc) is 2.41. The van der Waals surface area contributed by atoms with Gasteiger partial charge in [0.2, 0.25) is 0 Å². The van der Waals surface area contributed by atoms with Gasteiger partial charge < -0.3 is 10.2 Å². The van der Waals surface area contributed by atoms with Crippen molar-refractivity contribution < 1.29 is 39.3 Å². The van der Waals surface area contributed by atoms with Gasteiger partial charge in [-0.15, -0.1) is 0 Å². The Morgan fingerprint density at radius 2 is 1.00 bits per heavy atom. The molecule has 2 aromatic carbocycles. The number of hydrogen-bond acceptors (Lipinski definition) is 4. The number of carbonyl (C=O) groups is 2. The maximum Gasteiger partial charge on any atom is 3.00 e. The quantitative estimate of drug-likeness (QED) is 0.647. The first-order chi connectivity index (χ1) is 8.69. The van der Waals surface area contributed by atoms with E-state index in [1.807, 2.05) is 0 Å². The number of aromatic hydroxyl groups is 2. The van der Waals surface area contributed by atoms with Crippen molar-refractivity contribution in [2.45, 2.75) is 0 Å². The summed E-state index contributed by atoms with van der Waals surface area (Å²) in [7, 11) is 0. The van der Waals surface area contributed by atoms with E-state index in [4.69, 9.17) is 10.2 Å². The molecule has 4 nitrogen and oxygen atoms in total. The summed E-state index contributed by atoms with van der Waals surface area (Å²) in [6, 6.07) is 12.8. The van der Waals surface area contributed by atoms with Crippen LogP contribution in [0.5, 0.6) is 11.5 Å².